The molecule has 0 aromatic heterocycles. The molecule has 0 saturated carbocycles. The summed E-state index contributed by atoms with van der Waals surface area (Å²) in [5.74, 6) is -0.690. The Morgan fingerprint density at radius 3 is 2.29 bits per heavy atom. The Hall–Kier alpha value is -2.33. The lowest BCUT2D eigenvalue weighted by molar-refractivity contribution is -0.147. The highest BCUT2D eigenvalue weighted by atomic mass is 35.5. The largest absolute Gasteiger partial charge is 0.463 e. The third kappa shape index (κ3) is 5.10. The van der Waals surface area contributed by atoms with Gasteiger partial charge in [-0.3, -0.25) is 9.59 Å². The number of carbonyl (C=O) groups excluding carboxylic acids is 2. The third-order valence-corrected chi connectivity index (χ3v) is 3.69. The first-order valence-electron chi connectivity index (χ1n) is 7.77. The van der Waals surface area contributed by atoms with Crippen molar-refractivity contribution in [3.8, 4) is 0 Å². The second-order valence-corrected chi connectivity index (χ2v) is 6.07. The van der Waals surface area contributed by atoms with Gasteiger partial charge in [0.15, 0.2) is 0 Å². The number of esters is 1. The van der Waals surface area contributed by atoms with Gasteiger partial charge in [0.05, 0.1) is 29.2 Å². The molecule has 2 aromatic rings. The van der Waals surface area contributed by atoms with Gasteiger partial charge < -0.3 is 10.1 Å². The van der Waals surface area contributed by atoms with E-state index in [-0.39, 0.29) is 24.4 Å². The molecule has 0 fully saturated rings. The molecule has 0 aliphatic heterocycles. The lowest BCUT2D eigenvalue weighted by Crippen LogP contribution is -2.31. The van der Waals surface area contributed by atoms with Crippen molar-refractivity contribution >= 4 is 23.5 Å². The van der Waals surface area contributed by atoms with E-state index in [1.165, 1.54) is 0 Å². The number of hydrogen-bond donors (Lipinski definition) is 1. The van der Waals surface area contributed by atoms with Crippen LogP contribution in [0.4, 0.5) is 0 Å². The molecule has 5 heteroatoms. The van der Waals surface area contributed by atoms with Crippen molar-refractivity contribution in [2.75, 3.05) is 0 Å². The molecule has 0 spiro atoms. The lowest BCUT2D eigenvalue weighted by atomic mass is 10.0. The van der Waals surface area contributed by atoms with Crippen LogP contribution in [0.2, 0.25) is 5.02 Å². The molecule has 126 valence electrons. The maximum absolute atomic E-state index is 12.5. The van der Waals surface area contributed by atoms with Gasteiger partial charge in [-0.25, -0.2) is 0 Å². The highest BCUT2D eigenvalue weighted by Crippen LogP contribution is 2.21. The predicted molar refractivity (Wildman–Crippen MR) is 93.9 cm³/mol. The topological polar surface area (TPSA) is 55.4 Å². The van der Waals surface area contributed by atoms with E-state index in [2.05, 4.69) is 5.32 Å². The van der Waals surface area contributed by atoms with Crippen molar-refractivity contribution in [1.82, 2.24) is 5.32 Å². The van der Waals surface area contributed by atoms with E-state index >= 15 is 0 Å². The molecule has 2 rings (SSSR count). The highest BCUT2D eigenvalue weighted by Gasteiger charge is 2.21. The van der Waals surface area contributed by atoms with Gasteiger partial charge in [-0.15, -0.1) is 0 Å². The van der Waals surface area contributed by atoms with Crippen LogP contribution in [0.3, 0.4) is 0 Å². The molecular weight excluding hydrogens is 326 g/mol. The van der Waals surface area contributed by atoms with Crippen LogP contribution >= 0.6 is 11.6 Å². The molecule has 24 heavy (non-hydrogen) atoms. The smallest absolute Gasteiger partial charge is 0.308 e. The van der Waals surface area contributed by atoms with Gasteiger partial charge in [0.25, 0.3) is 5.91 Å². The summed E-state index contributed by atoms with van der Waals surface area (Å²) in [6.07, 6.45) is -0.147. The SMILES string of the molecule is CC(C)OC(=O)CC(NC(=O)c1ccccc1Cl)c1ccccc1. The number of halogens is 1. The molecule has 1 unspecified atom stereocenters. The van der Waals surface area contributed by atoms with Gasteiger partial charge in [-0.1, -0.05) is 54.1 Å². The van der Waals surface area contributed by atoms with Gasteiger partial charge in [-0.2, -0.15) is 0 Å². The molecule has 0 aliphatic rings. The summed E-state index contributed by atoms with van der Waals surface area (Å²) in [5, 5.41) is 3.24. The normalized spacial score (nSPS) is 11.8. The second kappa shape index (κ2) is 8.50. The summed E-state index contributed by atoms with van der Waals surface area (Å²) < 4.78 is 5.20. The van der Waals surface area contributed by atoms with E-state index < -0.39 is 6.04 Å². The van der Waals surface area contributed by atoms with Crippen LogP contribution in [0.1, 0.15) is 42.2 Å². The number of ether oxygens (including phenoxy) is 1. The van der Waals surface area contributed by atoms with Crippen molar-refractivity contribution in [2.45, 2.75) is 32.4 Å². The summed E-state index contributed by atoms with van der Waals surface area (Å²) >= 11 is 6.07. The Morgan fingerprint density at radius 2 is 1.67 bits per heavy atom. The van der Waals surface area contributed by atoms with E-state index in [4.69, 9.17) is 16.3 Å². The number of hydrogen-bond acceptors (Lipinski definition) is 3. The second-order valence-electron chi connectivity index (χ2n) is 5.66. The van der Waals surface area contributed by atoms with Crippen LogP contribution in [-0.2, 0) is 9.53 Å². The lowest BCUT2D eigenvalue weighted by Gasteiger charge is -2.19. The maximum atomic E-state index is 12.5. The van der Waals surface area contributed by atoms with Crippen LogP contribution in [0.25, 0.3) is 0 Å². The summed E-state index contributed by atoms with van der Waals surface area (Å²) in [7, 11) is 0. The van der Waals surface area contributed by atoms with Crippen LogP contribution in [-0.4, -0.2) is 18.0 Å². The first-order chi connectivity index (χ1) is 11.5. The molecule has 0 saturated heterocycles. The van der Waals surface area contributed by atoms with Crippen molar-refractivity contribution in [2.24, 2.45) is 0 Å². The van der Waals surface area contributed by atoms with E-state index in [1.54, 1.807) is 38.1 Å². The molecule has 1 N–H and O–H groups in total. The van der Waals surface area contributed by atoms with Crippen LogP contribution in [0.5, 0.6) is 0 Å². The average molecular weight is 346 g/mol. The summed E-state index contributed by atoms with van der Waals surface area (Å²) in [6.45, 7) is 3.58. The van der Waals surface area contributed by atoms with E-state index in [0.717, 1.165) is 5.56 Å². The third-order valence-electron chi connectivity index (χ3n) is 3.36. The molecule has 1 amide bonds. The van der Waals surface area contributed by atoms with E-state index in [1.807, 2.05) is 30.3 Å². The molecule has 2 aromatic carbocycles. The average Bonchev–Trinajstić information content (AvgIpc) is 2.54. The fourth-order valence-electron chi connectivity index (χ4n) is 2.30. The quantitative estimate of drug-likeness (QED) is 0.800. The van der Waals surface area contributed by atoms with E-state index in [9.17, 15) is 9.59 Å². The Bertz CT molecular complexity index is 701. The molecule has 0 heterocycles. The zero-order chi connectivity index (χ0) is 17.5. The fourth-order valence-corrected chi connectivity index (χ4v) is 2.52. The molecule has 0 bridgehead atoms. The monoisotopic (exact) mass is 345 g/mol. The van der Waals surface area contributed by atoms with Gasteiger partial charge in [0.1, 0.15) is 0 Å². The maximum Gasteiger partial charge on any atom is 0.308 e. The van der Waals surface area contributed by atoms with Crippen LogP contribution < -0.4 is 5.32 Å². The highest BCUT2D eigenvalue weighted by molar-refractivity contribution is 6.33. The zero-order valence-corrected chi connectivity index (χ0v) is 14.4. The number of rotatable bonds is 6. The fraction of sp³-hybridized carbons (Fsp3) is 0.263. The van der Waals surface area contributed by atoms with Gasteiger partial charge in [0, 0.05) is 0 Å². The van der Waals surface area contributed by atoms with Crippen molar-refractivity contribution in [3.05, 3.63) is 70.7 Å². The van der Waals surface area contributed by atoms with Crippen LogP contribution in [0.15, 0.2) is 54.6 Å². The minimum absolute atomic E-state index is 0.0540. The van der Waals surface area contributed by atoms with Crippen molar-refractivity contribution < 1.29 is 14.3 Å². The van der Waals surface area contributed by atoms with Crippen molar-refractivity contribution in [1.29, 1.82) is 0 Å². The molecule has 1 atom stereocenters. The van der Waals surface area contributed by atoms with Gasteiger partial charge in [0.2, 0.25) is 0 Å². The summed E-state index contributed by atoms with van der Waals surface area (Å²) in [6, 6.07) is 15.6. The predicted octanol–water partition coefficient (Wildman–Crippen LogP) is 4.15. The summed E-state index contributed by atoms with van der Waals surface area (Å²) in [5.41, 5.74) is 1.20. The molecular formula is C19H20ClNO3. The van der Waals surface area contributed by atoms with Gasteiger partial charge >= 0.3 is 5.97 Å². The molecule has 0 aliphatic carbocycles. The number of amides is 1. The molecule has 0 radical (unpaired) electrons. The summed E-state index contributed by atoms with van der Waals surface area (Å²) in [4.78, 5) is 24.5. The zero-order valence-electron chi connectivity index (χ0n) is 13.7. The van der Waals surface area contributed by atoms with Gasteiger partial charge in [-0.05, 0) is 31.5 Å². The first-order valence-corrected chi connectivity index (χ1v) is 8.15. The number of benzene rings is 2. The minimum atomic E-state index is -0.485. The first kappa shape index (κ1) is 18.0. The van der Waals surface area contributed by atoms with Crippen molar-refractivity contribution in [3.63, 3.8) is 0 Å². The Labute approximate surface area is 146 Å². The molecule has 4 nitrogen and oxygen atoms in total. The van der Waals surface area contributed by atoms with E-state index in [0.29, 0.717) is 10.6 Å². The Balaban J connectivity index is 2.18. The minimum Gasteiger partial charge on any atom is -0.463 e. The van der Waals surface area contributed by atoms with Crippen LogP contribution in [0, 0.1) is 0 Å². The Kier molecular flexibility index (Phi) is 6.38. The standard InChI is InChI=1S/C19H20ClNO3/c1-13(2)24-18(22)12-17(14-8-4-3-5-9-14)21-19(23)15-10-6-7-11-16(15)20/h3-11,13,17H,12H2,1-2H3,(H,21,23). The number of nitrogens with one attached hydrogen (secondary N) is 1. The Morgan fingerprint density at radius 1 is 1.04 bits per heavy atom. The number of carbonyl (C=O) groups is 2.